The monoisotopic (exact) mass is 390 g/mol. The van der Waals surface area contributed by atoms with Crippen molar-refractivity contribution in [3.8, 4) is 5.75 Å². The fourth-order valence-corrected chi connectivity index (χ4v) is 2.85. The van der Waals surface area contributed by atoms with Crippen LogP contribution in [0.2, 0.25) is 5.02 Å². The van der Waals surface area contributed by atoms with E-state index in [-0.39, 0.29) is 12.5 Å². The third kappa shape index (κ3) is 3.81. The summed E-state index contributed by atoms with van der Waals surface area (Å²) in [5.74, 6) is 0.184. The summed E-state index contributed by atoms with van der Waals surface area (Å²) in [5, 5.41) is 4.21. The molecule has 0 unspecified atom stereocenters. The van der Waals surface area contributed by atoms with Gasteiger partial charge in [-0.15, -0.1) is 0 Å². The predicted molar refractivity (Wildman–Crippen MR) is 95.0 cm³/mol. The smallest absolute Gasteiger partial charge is 0.262 e. The van der Waals surface area contributed by atoms with Crippen LogP contribution in [-0.2, 0) is 4.79 Å². The van der Waals surface area contributed by atoms with Gasteiger partial charge >= 0.3 is 0 Å². The molecule has 116 valence electrons. The molecule has 2 aromatic carbocycles. The molecule has 0 aliphatic rings. The van der Waals surface area contributed by atoms with E-state index in [0.717, 1.165) is 15.4 Å². The molecular formula is C17H12BrClN2O2. The number of aromatic nitrogens is 1. The first-order valence-corrected chi connectivity index (χ1v) is 8.02. The number of ether oxygens (including phenoxy) is 1. The fourth-order valence-electron chi connectivity index (χ4n) is 2.13. The van der Waals surface area contributed by atoms with Crippen molar-refractivity contribution in [2.75, 3.05) is 11.9 Å². The van der Waals surface area contributed by atoms with Gasteiger partial charge in [-0.2, -0.15) is 0 Å². The van der Waals surface area contributed by atoms with E-state index < -0.39 is 0 Å². The molecule has 0 saturated carbocycles. The largest absolute Gasteiger partial charge is 0.482 e. The van der Waals surface area contributed by atoms with Crippen LogP contribution >= 0.6 is 27.5 Å². The molecule has 0 aliphatic heterocycles. The van der Waals surface area contributed by atoms with Gasteiger partial charge in [-0.3, -0.25) is 9.78 Å². The molecule has 6 heteroatoms. The second kappa shape index (κ2) is 6.98. The summed E-state index contributed by atoms with van der Waals surface area (Å²) in [6.45, 7) is -0.134. The van der Waals surface area contributed by atoms with Crippen molar-refractivity contribution in [3.63, 3.8) is 0 Å². The summed E-state index contributed by atoms with van der Waals surface area (Å²) in [5.41, 5.74) is 1.39. The van der Waals surface area contributed by atoms with Gasteiger partial charge in [0.15, 0.2) is 6.61 Å². The number of benzene rings is 2. The molecule has 0 spiro atoms. The van der Waals surface area contributed by atoms with Crippen molar-refractivity contribution < 1.29 is 9.53 Å². The molecule has 0 aliphatic carbocycles. The number of pyridine rings is 1. The Hall–Kier alpha value is -2.11. The van der Waals surface area contributed by atoms with Crippen molar-refractivity contribution in [2.24, 2.45) is 0 Å². The topological polar surface area (TPSA) is 51.2 Å². The average molecular weight is 392 g/mol. The number of carbonyl (C=O) groups is 1. The Morgan fingerprint density at radius 3 is 2.87 bits per heavy atom. The van der Waals surface area contributed by atoms with Crippen LogP contribution in [0.5, 0.6) is 5.75 Å². The van der Waals surface area contributed by atoms with Gasteiger partial charge in [-0.25, -0.2) is 0 Å². The van der Waals surface area contributed by atoms with Crippen molar-refractivity contribution in [1.29, 1.82) is 0 Å². The summed E-state index contributed by atoms with van der Waals surface area (Å²) in [7, 11) is 0. The van der Waals surface area contributed by atoms with Gasteiger partial charge in [-0.05, 0) is 30.3 Å². The van der Waals surface area contributed by atoms with Crippen LogP contribution < -0.4 is 10.1 Å². The highest BCUT2D eigenvalue weighted by Gasteiger charge is 2.09. The third-order valence-corrected chi connectivity index (χ3v) is 3.95. The Kier molecular flexibility index (Phi) is 4.79. The van der Waals surface area contributed by atoms with Crippen molar-refractivity contribution >= 4 is 50.0 Å². The van der Waals surface area contributed by atoms with E-state index >= 15 is 0 Å². The highest BCUT2D eigenvalue weighted by molar-refractivity contribution is 9.10. The molecule has 0 radical (unpaired) electrons. The Labute approximate surface area is 146 Å². The minimum absolute atomic E-state index is 0.134. The zero-order chi connectivity index (χ0) is 16.2. The van der Waals surface area contributed by atoms with E-state index in [0.29, 0.717) is 16.5 Å². The average Bonchev–Trinajstić information content (AvgIpc) is 2.54. The van der Waals surface area contributed by atoms with Crippen LogP contribution in [0.25, 0.3) is 10.9 Å². The van der Waals surface area contributed by atoms with Crippen molar-refractivity contribution in [3.05, 3.63) is 64.2 Å². The third-order valence-electron chi connectivity index (χ3n) is 3.16. The van der Waals surface area contributed by atoms with E-state index in [1.54, 1.807) is 30.5 Å². The molecule has 0 saturated heterocycles. The SMILES string of the molecule is O=C(COc1ccc(Br)cc1Cl)Nc1cccc2cccnc12. The Morgan fingerprint density at radius 2 is 2.04 bits per heavy atom. The summed E-state index contributed by atoms with van der Waals surface area (Å²) < 4.78 is 6.30. The number of hydrogen-bond donors (Lipinski definition) is 1. The molecule has 0 fully saturated rings. The second-order valence-corrected chi connectivity index (χ2v) is 6.12. The second-order valence-electron chi connectivity index (χ2n) is 4.79. The fraction of sp³-hybridized carbons (Fsp3) is 0.0588. The van der Waals surface area contributed by atoms with Gasteiger partial charge in [0.25, 0.3) is 5.91 Å². The van der Waals surface area contributed by atoms with Gasteiger partial charge in [0.05, 0.1) is 16.2 Å². The lowest BCUT2D eigenvalue weighted by Crippen LogP contribution is -2.20. The standard InChI is InChI=1S/C17H12BrClN2O2/c18-12-6-7-15(13(19)9-12)23-10-16(22)21-14-5-1-3-11-4-2-8-20-17(11)14/h1-9H,10H2,(H,21,22). The summed E-state index contributed by atoms with van der Waals surface area (Å²) in [4.78, 5) is 16.4. The lowest BCUT2D eigenvalue weighted by atomic mass is 10.2. The van der Waals surface area contributed by atoms with Gasteiger partial charge in [-0.1, -0.05) is 45.7 Å². The Bertz CT molecular complexity index is 865. The maximum Gasteiger partial charge on any atom is 0.262 e. The van der Waals surface area contributed by atoms with Gasteiger partial charge < -0.3 is 10.1 Å². The molecule has 23 heavy (non-hydrogen) atoms. The molecule has 3 rings (SSSR count). The number of rotatable bonds is 4. The molecule has 0 bridgehead atoms. The molecule has 1 aromatic heterocycles. The normalized spacial score (nSPS) is 10.5. The van der Waals surface area contributed by atoms with E-state index in [1.807, 2.05) is 24.3 Å². The molecular weight excluding hydrogens is 380 g/mol. The highest BCUT2D eigenvalue weighted by Crippen LogP contribution is 2.27. The van der Waals surface area contributed by atoms with Crippen LogP contribution in [0.3, 0.4) is 0 Å². The first-order valence-electron chi connectivity index (χ1n) is 6.85. The van der Waals surface area contributed by atoms with Crippen LogP contribution in [0.4, 0.5) is 5.69 Å². The molecule has 1 amide bonds. The predicted octanol–water partition coefficient (Wildman–Crippen LogP) is 4.67. The van der Waals surface area contributed by atoms with Crippen LogP contribution in [0.15, 0.2) is 59.2 Å². The maximum absolute atomic E-state index is 12.1. The van der Waals surface area contributed by atoms with Crippen LogP contribution in [0.1, 0.15) is 0 Å². The first-order chi connectivity index (χ1) is 11.1. The summed E-state index contributed by atoms with van der Waals surface area (Å²) >= 11 is 9.37. The van der Waals surface area contributed by atoms with E-state index in [2.05, 4.69) is 26.2 Å². The number of nitrogens with zero attached hydrogens (tertiary/aromatic N) is 1. The van der Waals surface area contributed by atoms with Crippen LogP contribution in [0, 0.1) is 0 Å². The zero-order valence-corrected chi connectivity index (χ0v) is 14.3. The van der Waals surface area contributed by atoms with Gasteiger partial charge in [0.1, 0.15) is 5.75 Å². The molecule has 3 aromatic rings. The first kappa shape index (κ1) is 15.8. The van der Waals surface area contributed by atoms with Crippen molar-refractivity contribution in [1.82, 2.24) is 4.98 Å². The minimum atomic E-state index is -0.276. The van der Waals surface area contributed by atoms with Crippen LogP contribution in [-0.4, -0.2) is 17.5 Å². The lowest BCUT2D eigenvalue weighted by Gasteiger charge is -2.10. The van der Waals surface area contributed by atoms with E-state index in [9.17, 15) is 4.79 Å². The number of nitrogens with one attached hydrogen (secondary N) is 1. The number of hydrogen-bond acceptors (Lipinski definition) is 3. The molecule has 4 nitrogen and oxygen atoms in total. The van der Waals surface area contributed by atoms with E-state index in [1.165, 1.54) is 0 Å². The quantitative estimate of drug-likeness (QED) is 0.703. The number of carbonyl (C=O) groups excluding carboxylic acids is 1. The number of para-hydroxylation sites is 1. The lowest BCUT2D eigenvalue weighted by molar-refractivity contribution is -0.118. The summed E-state index contributed by atoms with van der Waals surface area (Å²) in [6, 6.07) is 14.6. The number of halogens is 2. The maximum atomic E-state index is 12.1. The van der Waals surface area contributed by atoms with E-state index in [4.69, 9.17) is 16.3 Å². The highest BCUT2D eigenvalue weighted by atomic mass is 79.9. The van der Waals surface area contributed by atoms with Gasteiger partial charge in [0, 0.05) is 16.1 Å². The van der Waals surface area contributed by atoms with Crippen molar-refractivity contribution in [2.45, 2.75) is 0 Å². The number of anilines is 1. The van der Waals surface area contributed by atoms with Gasteiger partial charge in [0.2, 0.25) is 0 Å². The molecule has 1 N–H and O–H groups in total. The molecule has 1 heterocycles. The number of amides is 1. The molecule has 0 atom stereocenters. The number of fused-ring (bicyclic) bond motifs is 1. The Balaban J connectivity index is 1.69. The minimum Gasteiger partial charge on any atom is -0.482 e. The Morgan fingerprint density at radius 1 is 1.22 bits per heavy atom. The summed E-state index contributed by atoms with van der Waals surface area (Å²) in [6.07, 6.45) is 1.69. The zero-order valence-electron chi connectivity index (χ0n) is 11.9.